The molecule has 0 fully saturated rings. The van der Waals surface area contributed by atoms with Gasteiger partial charge in [0.2, 0.25) is 0 Å². The number of rotatable bonds is 4. The van der Waals surface area contributed by atoms with Crippen molar-refractivity contribution in [2.75, 3.05) is 11.0 Å². The standard InChI is InChI=1S/C13H11BrN4O4S2/c1-23(19,20)9-3-4-10(14)12(7-9)24(21,22)17-11-8-16-18-6-2-5-15-13(11)18/h2-8,17H,1H3. The van der Waals surface area contributed by atoms with Crippen molar-refractivity contribution in [1.29, 1.82) is 0 Å². The summed E-state index contributed by atoms with van der Waals surface area (Å²) in [4.78, 5) is 3.78. The Morgan fingerprint density at radius 1 is 1.21 bits per heavy atom. The zero-order valence-electron chi connectivity index (χ0n) is 12.2. The maximum atomic E-state index is 12.6. The summed E-state index contributed by atoms with van der Waals surface area (Å²) in [5, 5.41) is 4.00. The van der Waals surface area contributed by atoms with Gasteiger partial charge < -0.3 is 0 Å². The van der Waals surface area contributed by atoms with Crippen LogP contribution in [-0.4, -0.2) is 37.7 Å². The van der Waals surface area contributed by atoms with Crippen LogP contribution in [0, 0.1) is 0 Å². The largest absolute Gasteiger partial charge is 0.274 e. The molecule has 3 aromatic rings. The first-order valence-electron chi connectivity index (χ1n) is 6.49. The quantitative estimate of drug-likeness (QED) is 0.673. The van der Waals surface area contributed by atoms with E-state index in [9.17, 15) is 16.8 Å². The van der Waals surface area contributed by atoms with Crippen molar-refractivity contribution in [3.8, 4) is 0 Å². The lowest BCUT2D eigenvalue weighted by Gasteiger charge is -2.09. The molecule has 0 bridgehead atoms. The summed E-state index contributed by atoms with van der Waals surface area (Å²) in [5.74, 6) is 0. The maximum Gasteiger partial charge on any atom is 0.263 e. The third kappa shape index (κ3) is 3.14. The van der Waals surface area contributed by atoms with Crippen molar-refractivity contribution < 1.29 is 16.8 Å². The molecule has 0 saturated heterocycles. The Balaban J connectivity index is 2.08. The summed E-state index contributed by atoms with van der Waals surface area (Å²) in [5.41, 5.74) is 0.517. The fraction of sp³-hybridized carbons (Fsp3) is 0.0769. The van der Waals surface area contributed by atoms with Crippen LogP contribution in [0.15, 0.2) is 57.1 Å². The number of nitrogens with zero attached hydrogens (tertiary/aromatic N) is 3. The second kappa shape index (κ2) is 5.83. The third-order valence-electron chi connectivity index (χ3n) is 3.14. The Hall–Kier alpha value is -1.98. The van der Waals surface area contributed by atoms with Crippen molar-refractivity contribution >= 4 is 47.1 Å². The normalized spacial score (nSPS) is 12.4. The fourth-order valence-electron chi connectivity index (χ4n) is 2.02. The van der Waals surface area contributed by atoms with E-state index >= 15 is 0 Å². The number of halogens is 1. The van der Waals surface area contributed by atoms with Gasteiger partial charge in [-0.05, 0) is 40.2 Å². The van der Waals surface area contributed by atoms with Gasteiger partial charge in [0.25, 0.3) is 10.0 Å². The number of anilines is 1. The molecule has 0 atom stereocenters. The van der Waals surface area contributed by atoms with E-state index in [2.05, 4.69) is 30.7 Å². The Morgan fingerprint density at radius 2 is 1.96 bits per heavy atom. The summed E-state index contributed by atoms with van der Waals surface area (Å²) in [6, 6.07) is 5.46. The van der Waals surface area contributed by atoms with Gasteiger partial charge >= 0.3 is 0 Å². The minimum absolute atomic E-state index is 0.0935. The minimum Gasteiger partial charge on any atom is -0.274 e. The van der Waals surface area contributed by atoms with Gasteiger partial charge in [0.1, 0.15) is 10.6 Å². The predicted octanol–water partition coefficient (Wildman–Crippen LogP) is 1.70. The van der Waals surface area contributed by atoms with Crippen LogP contribution in [0.1, 0.15) is 0 Å². The van der Waals surface area contributed by atoms with Crippen molar-refractivity contribution in [1.82, 2.24) is 14.6 Å². The lowest BCUT2D eigenvalue weighted by molar-refractivity contribution is 0.599. The molecule has 24 heavy (non-hydrogen) atoms. The first-order chi connectivity index (χ1) is 11.2. The number of benzene rings is 1. The number of aromatic nitrogens is 3. The Morgan fingerprint density at radius 3 is 2.67 bits per heavy atom. The molecule has 2 aromatic heterocycles. The SMILES string of the molecule is CS(=O)(=O)c1ccc(Br)c(S(=O)(=O)Nc2cnn3cccnc23)c1. The van der Waals surface area contributed by atoms with Crippen molar-refractivity contribution in [3.63, 3.8) is 0 Å². The molecule has 0 saturated carbocycles. The van der Waals surface area contributed by atoms with Crippen LogP contribution >= 0.6 is 15.9 Å². The summed E-state index contributed by atoms with van der Waals surface area (Å²) in [6.07, 6.45) is 5.47. The predicted molar refractivity (Wildman–Crippen MR) is 91.0 cm³/mol. The molecule has 1 N–H and O–H groups in total. The van der Waals surface area contributed by atoms with Crippen molar-refractivity contribution in [2.24, 2.45) is 0 Å². The summed E-state index contributed by atoms with van der Waals surface area (Å²) >= 11 is 3.14. The summed E-state index contributed by atoms with van der Waals surface area (Å²) < 4.78 is 52.6. The first-order valence-corrected chi connectivity index (χ1v) is 10.7. The van der Waals surface area contributed by atoms with Crippen molar-refractivity contribution in [2.45, 2.75) is 9.79 Å². The van der Waals surface area contributed by atoms with Crippen molar-refractivity contribution in [3.05, 3.63) is 47.3 Å². The highest BCUT2D eigenvalue weighted by Crippen LogP contribution is 2.27. The molecule has 0 amide bonds. The molecule has 3 rings (SSSR count). The van der Waals surface area contributed by atoms with Gasteiger partial charge in [-0.2, -0.15) is 5.10 Å². The van der Waals surface area contributed by atoms with Crippen LogP contribution in [0.25, 0.3) is 5.65 Å². The topological polar surface area (TPSA) is 110 Å². The van der Waals surface area contributed by atoms with E-state index in [1.807, 2.05) is 0 Å². The Labute approximate surface area is 146 Å². The number of sulfonamides is 1. The molecule has 0 aliphatic rings. The molecular weight excluding hydrogens is 420 g/mol. The van der Waals surface area contributed by atoms with Gasteiger partial charge in [0.05, 0.1) is 11.1 Å². The highest BCUT2D eigenvalue weighted by Gasteiger charge is 2.22. The van der Waals surface area contributed by atoms with Gasteiger partial charge in [0.15, 0.2) is 15.5 Å². The summed E-state index contributed by atoms with van der Waals surface area (Å²) in [7, 11) is -7.58. The fourth-order valence-corrected chi connectivity index (χ4v) is 4.78. The molecule has 126 valence electrons. The average Bonchev–Trinajstić information content (AvgIpc) is 2.89. The van der Waals surface area contributed by atoms with E-state index in [0.29, 0.717) is 5.65 Å². The van der Waals surface area contributed by atoms with E-state index in [4.69, 9.17) is 0 Å². The van der Waals surface area contributed by atoms with Gasteiger partial charge in [-0.15, -0.1) is 0 Å². The second-order valence-corrected chi connectivity index (χ2v) is 9.44. The second-order valence-electron chi connectivity index (χ2n) is 4.92. The van der Waals surface area contributed by atoms with Crippen LogP contribution in [0.2, 0.25) is 0 Å². The van der Waals surface area contributed by atoms with Crippen LogP contribution in [0.3, 0.4) is 0 Å². The molecular formula is C13H11BrN4O4S2. The number of sulfone groups is 1. The van der Waals surface area contributed by atoms with E-state index < -0.39 is 19.9 Å². The third-order valence-corrected chi connectivity index (χ3v) is 6.61. The van der Waals surface area contributed by atoms with E-state index in [0.717, 1.165) is 12.3 Å². The molecule has 0 spiro atoms. The molecule has 0 aliphatic carbocycles. The number of hydrogen-bond donors (Lipinski definition) is 1. The highest BCUT2D eigenvalue weighted by atomic mass is 79.9. The van der Waals surface area contributed by atoms with Crippen LogP contribution in [-0.2, 0) is 19.9 Å². The lowest BCUT2D eigenvalue weighted by Crippen LogP contribution is -2.14. The Kier molecular flexibility index (Phi) is 4.10. The average molecular weight is 431 g/mol. The lowest BCUT2D eigenvalue weighted by atomic mass is 10.4. The van der Waals surface area contributed by atoms with Gasteiger partial charge in [-0.25, -0.2) is 26.3 Å². The maximum absolute atomic E-state index is 12.6. The molecule has 0 aliphatic heterocycles. The van der Waals surface area contributed by atoms with E-state index in [1.165, 1.54) is 29.0 Å². The van der Waals surface area contributed by atoms with E-state index in [1.54, 1.807) is 12.3 Å². The van der Waals surface area contributed by atoms with Crippen LogP contribution < -0.4 is 4.72 Å². The first kappa shape index (κ1) is 16.9. The number of nitrogens with one attached hydrogen (secondary N) is 1. The minimum atomic E-state index is -4.04. The molecule has 2 heterocycles. The molecule has 1 aromatic carbocycles. The smallest absolute Gasteiger partial charge is 0.263 e. The zero-order chi connectivity index (χ0) is 17.5. The zero-order valence-corrected chi connectivity index (χ0v) is 15.4. The number of fused-ring (bicyclic) bond motifs is 1. The molecule has 8 nitrogen and oxygen atoms in total. The number of hydrogen-bond acceptors (Lipinski definition) is 6. The van der Waals surface area contributed by atoms with Gasteiger partial charge in [0, 0.05) is 23.1 Å². The Bertz CT molecular complexity index is 1140. The molecule has 0 unspecified atom stereocenters. The van der Waals surface area contributed by atoms with E-state index in [-0.39, 0.29) is 20.0 Å². The van der Waals surface area contributed by atoms with Crippen LogP contribution in [0.4, 0.5) is 5.69 Å². The molecule has 0 radical (unpaired) electrons. The highest BCUT2D eigenvalue weighted by molar-refractivity contribution is 9.10. The van der Waals surface area contributed by atoms with Crippen LogP contribution in [0.5, 0.6) is 0 Å². The van der Waals surface area contributed by atoms with Gasteiger partial charge in [-0.3, -0.25) is 4.72 Å². The monoisotopic (exact) mass is 430 g/mol. The summed E-state index contributed by atoms with van der Waals surface area (Å²) in [6.45, 7) is 0. The van der Waals surface area contributed by atoms with Gasteiger partial charge in [-0.1, -0.05) is 0 Å². The molecule has 11 heteroatoms.